The van der Waals surface area contributed by atoms with Crippen LogP contribution in [0.25, 0.3) is 0 Å². The molecule has 0 saturated carbocycles. The Labute approximate surface area is 418 Å². The summed E-state index contributed by atoms with van der Waals surface area (Å²) in [4.78, 5) is 25.4. The topological polar surface area (TPSA) is 61.8 Å². The highest BCUT2D eigenvalue weighted by atomic mass is 16.6. The van der Waals surface area contributed by atoms with Crippen LogP contribution in [0.5, 0.6) is 0 Å². The minimum Gasteiger partial charge on any atom is -0.462 e. The summed E-state index contributed by atoms with van der Waals surface area (Å²) in [6.07, 6.45) is 84.1. The molecule has 1 unspecified atom stereocenters. The third-order valence-electron chi connectivity index (χ3n) is 10.5. The highest BCUT2D eigenvalue weighted by Crippen LogP contribution is 2.12. The summed E-state index contributed by atoms with van der Waals surface area (Å²) in [5, 5.41) is 0. The third-order valence-corrected chi connectivity index (χ3v) is 10.5. The molecule has 0 N–H and O–H groups in total. The minimum absolute atomic E-state index is 0.0309. The molecule has 0 aromatic carbocycles. The Kier molecular flexibility index (Phi) is 53.1. The molecule has 0 bridgehead atoms. The molecule has 0 fully saturated rings. The molecule has 0 amide bonds. The SMILES string of the molecule is CC/C=C\C/C=C\C/C=C\C/C=C\C/C=C\C/C=C\CCCOCC(COC(=O)CCCCCCCC/C=C\C/C=C\C/C=C\C/C=C\CC)OC(=O)CCCCC/C=C\C/C=C\C/C=C\CC. The Hall–Kier alpha value is -4.48. The first-order valence-corrected chi connectivity index (χ1v) is 27.0. The van der Waals surface area contributed by atoms with Gasteiger partial charge in [0.15, 0.2) is 6.10 Å². The number of hydrogen-bond acceptors (Lipinski definition) is 5. The van der Waals surface area contributed by atoms with Crippen LogP contribution in [0.3, 0.4) is 0 Å². The minimum atomic E-state index is -0.601. The lowest BCUT2D eigenvalue weighted by Crippen LogP contribution is -2.30. The van der Waals surface area contributed by atoms with Gasteiger partial charge in [0.2, 0.25) is 0 Å². The van der Waals surface area contributed by atoms with Crippen molar-refractivity contribution >= 4 is 11.9 Å². The molecule has 0 aliphatic carbocycles. The standard InChI is InChI=1S/C63H98O5/c1-4-7-10-13-16-19-22-25-27-29-31-33-35-37-40-43-46-49-52-55-58-66-59-61(68-63(65)57-54-51-48-45-42-38-24-21-18-15-12-9-6-3)60-67-62(64)56-53-50-47-44-41-39-36-34-32-30-28-26-23-20-17-14-11-8-5-2/h7-12,16-21,25-28,31-34,37-38,40,42,46,49,61H,4-6,13-15,22-24,29-30,35-36,39,41,43-45,47-48,50-60H2,1-3H3/b10-7-,11-8-,12-9-,19-16-,20-17-,21-18-,27-25-,28-26-,33-31-,34-32-,40-37-,42-38-,49-46-. The summed E-state index contributed by atoms with van der Waals surface area (Å²) < 4.78 is 17.3. The first-order chi connectivity index (χ1) is 33.6. The van der Waals surface area contributed by atoms with E-state index in [1.807, 2.05) is 0 Å². The average molecular weight is 935 g/mol. The zero-order chi connectivity index (χ0) is 49.2. The summed E-state index contributed by atoms with van der Waals surface area (Å²) in [6, 6.07) is 0. The molecule has 0 radical (unpaired) electrons. The molecule has 5 nitrogen and oxygen atoms in total. The molecule has 68 heavy (non-hydrogen) atoms. The molecule has 1 atom stereocenters. The first kappa shape index (κ1) is 63.5. The van der Waals surface area contributed by atoms with Crippen molar-refractivity contribution in [2.24, 2.45) is 0 Å². The lowest BCUT2D eigenvalue weighted by molar-refractivity contribution is -0.163. The maximum Gasteiger partial charge on any atom is 0.306 e. The Morgan fingerprint density at radius 3 is 1.00 bits per heavy atom. The van der Waals surface area contributed by atoms with Gasteiger partial charge in [0, 0.05) is 19.4 Å². The average Bonchev–Trinajstić information content (AvgIpc) is 3.34. The molecule has 0 heterocycles. The van der Waals surface area contributed by atoms with Gasteiger partial charge in [-0.2, -0.15) is 0 Å². The molecular weight excluding hydrogens is 837 g/mol. The van der Waals surface area contributed by atoms with Crippen LogP contribution in [-0.2, 0) is 23.8 Å². The molecule has 0 aliphatic heterocycles. The monoisotopic (exact) mass is 935 g/mol. The maximum atomic E-state index is 12.8. The first-order valence-electron chi connectivity index (χ1n) is 27.0. The lowest BCUT2D eigenvalue weighted by Gasteiger charge is -2.18. The van der Waals surface area contributed by atoms with Gasteiger partial charge in [-0.1, -0.05) is 211 Å². The number of ether oxygens (including phenoxy) is 3. The van der Waals surface area contributed by atoms with Crippen molar-refractivity contribution in [3.63, 3.8) is 0 Å². The van der Waals surface area contributed by atoms with Gasteiger partial charge in [0.05, 0.1) is 6.61 Å². The fraction of sp³-hybridized carbons (Fsp3) is 0.556. The number of hydrogen-bond donors (Lipinski definition) is 0. The fourth-order valence-corrected chi connectivity index (χ4v) is 6.65. The van der Waals surface area contributed by atoms with E-state index in [1.165, 1.54) is 19.3 Å². The van der Waals surface area contributed by atoms with E-state index in [2.05, 4.69) is 179 Å². The van der Waals surface area contributed by atoms with Crippen molar-refractivity contribution in [3.05, 3.63) is 158 Å². The Morgan fingerprint density at radius 2 is 0.618 bits per heavy atom. The molecule has 0 aromatic rings. The Bertz CT molecular complexity index is 1520. The highest BCUT2D eigenvalue weighted by Gasteiger charge is 2.17. The number of unbranched alkanes of at least 4 members (excludes halogenated alkanes) is 10. The molecule has 0 saturated heterocycles. The molecule has 0 aliphatic rings. The molecular formula is C63H98O5. The van der Waals surface area contributed by atoms with Gasteiger partial charge in [-0.15, -0.1) is 0 Å². The van der Waals surface area contributed by atoms with Crippen LogP contribution < -0.4 is 0 Å². The zero-order valence-electron chi connectivity index (χ0n) is 43.6. The van der Waals surface area contributed by atoms with E-state index in [4.69, 9.17) is 14.2 Å². The summed E-state index contributed by atoms with van der Waals surface area (Å²) in [5.41, 5.74) is 0. The maximum absolute atomic E-state index is 12.8. The lowest BCUT2D eigenvalue weighted by atomic mass is 10.1. The number of carbonyl (C=O) groups is 2. The van der Waals surface area contributed by atoms with Gasteiger partial charge >= 0.3 is 11.9 Å². The van der Waals surface area contributed by atoms with Crippen molar-refractivity contribution < 1.29 is 23.8 Å². The molecule has 0 aromatic heterocycles. The van der Waals surface area contributed by atoms with E-state index in [0.29, 0.717) is 19.4 Å². The second-order valence-corrected chi connectivity index (χ2v) is 17.0. The normalized spacial score (nSPS) is 13.5. The molecule has 0 rings (SSSR count). The number of esters is 2. The van der Waals surface area contributed by atoms with E-state index in [-0.39, 0.29) is 25.2 Å². The van der Waals surface area contributed by atoms with Crippen molar-refractivity contribution in [1.29, 1.82) is 0 Å². The smallest absolute Gasteiger partial charge is 0.306 e. The van der Waals surface area contributed by atoms with Crippen molar-refractivity contribution in [1.82, 2.24) is 0 Å². The quantitative estimate of drug-likeness (QED) is 0.0346. The summed E-state index contributed by atoms with van der Waals surface area (Å²) in [7, 11) is 0. The number of rotatable bonds is 47. The van der Waals surface area contributed by atoms with E-state index in [9.17, 15) is 9.59 Å². The van der Waals surface area contributed by atoms with Crippen LogP contribution >= 0.6 is 0 Å². The molecule has 5 heteroatoms. The number of carbonyl (C=O) groups excluding carboxylic acids is 2. The van der Waals surface area contributed by atoms with Gasteiger partial charge in [-0.25, -0.2) is 0 Å². The van der Waals surface area contributed by atoms with Crippen LogP contribution in [-0.4, -0.2) is 37.9 Å². The zero-order valence-corrected chi connectivity index (χ0v) is 43.6. The van der Waals surface area contributed by atoms with E-state index < -0.39 is 6.10 Å². The number of allylic oxidation sites excluding steroid dienone is 26. The molecule has 380 valence electrons. The predicted molar refractivity (Wildman–Crippen MR) is 297 cm³/mol. The van der Waals surface area contributed by atoms with Crippen molar-refractivity contribution in [2.75, 3.05) is 19.8 Å². The van der Waals surface area contributed by atoms with Crippen molar-refractivity contribution in [2.45, 2.75) is 207 Å². The van der Waals surface area contributed by atoms with Gasteiger partial charge in [-0.3, -0.25) is 9.59 Å². The van der Waals surface area contributed by atoms with Gasteiger partial charge in [-0.05, 0) is 135 Å². The highest BCUT2D eigenvalue weighted by molar-refractivity contribution is 5.70. The van der Waals surface area contributed by atoms with E-state index in [0.717, 1.165) is 148 Å². The second-order valence-electron chi connectivity index (χ2n) is 17.0. The third kappa shape index (κ3) is 54.1. The predicted octanol–water partition coefficient (Wildman–Crippen LogP) is 18.7. The van der Waals surface area contributed by atoms with Crippen molar-refractivity contribution in [3.8, 4) is 0 Å². The Balaban J connectivity index is 4.46. The van der Waals surface area contributed by atoms with E-state index in [1.54, 1.807) is 0 Å². The summed E-state index contributed by atoms with van der Waals surface area (Å²) in [6.45, 7) is 7.27. The van der Waals surface area contributed by atoms with Crippen LogP contribution in [0.15, 0.2) is 158 Å². The largest absolute Gasteiger partial charge is 0.462 e. The van der Waals surface area contributed by atoms with Crippen LogP contribution in [0.4, 0.5) is 0 Å². The van der Waals surface area contributed by atoms with E-state index >= 15 is 0 Å². The van der Waals surface area contributed by atoms with Crippen LogP contribution in [0, 0.1) is 0 Å². The van der Waals surface area contributed by atoms with Gasteiger partial charge in [0.25, 0.3) is 0 Å². The van der Waals surface area contributed by atoms with Crippen LogP contribution in [0.1, 0.15) is 201 Å². The molecule has 0 spiro atoms. The van der Waals surface area contributed by atoms with Gasteiger partial charge < -0.3 is 14.2 Å². The Morgan fingerprint density at radius 1 is 0.324 bits per heavy atom. The second kappa shape index (κ2) is 56.8. The van der Waals surface area contributed by atoms with Gasteiger partial charge in [0.1, 0.15) is 6.61 Å². The van der Waals surface area contributed by atoms with Crippen LogP contribution in [0.2, 0.25) is 0 Å². The fourth-order valence-electron chi connectivity index (χ4n) is 6.65. The summed E-state index contributed by atoms with van der Waals surface area (Å²) in [5.74, 6) is -0.493. The summed E-state index contributed by atoms with van der Waals surface area (Å²) >= 11 is 0.